The third-order valence-corrected chi connectivity index (χ3v) is 7.17. The molecule has 1 aromatic carbocycles. The van der Waals surface area contributed by atoms with E-state index in [2.05, 4.69) is 25.8 Å². The summed E-state index contributed by atoms with van der Waals surface area (Å²) in [4.78, 5) is 30.7. The molecule has 2 atom stereocenters. The molecule has 170 valence electrons. The Hall–Kier alpha value is -2.72. The fraction of sp³-hybridized carbons (Fsp3) is 0.409. The summed E-state index contributed by atoms with van der Waals surface area (Å²) in [5, 5.41) is 15.3. The lowest BCUT2D eigenvalue weighted by Gasteiger charge is -2.22. The summed E-state index contributed by atoms with van der Waals surface area (Å²) in [5.41, 5.74) is 1.51. The summed E-state index contributed by atoms with van der Waals surface area (Å²) >= 11 is 2.77. The van der Waals surface area contributed by atoms with Gasteiger partial charge in [-0.2, -0.15) is 0 Å². The van der Waals surface area contributed by atoms with Gasteiger partial charge in [-0.25, -0.2) is 4.98 Å². The van der Waals surface area contributed by atoms with E-state index in [9.17, 15) is 9.59 Å². The van der Waals surface area contributed by atoms with Crippen molar-refractivity contribution in [2.45, 2.75) is 51.1 Å². The van der Waals surface area contributed by atoms with Crippen LogP contribution >= 0.6 is 23.1 Å². The van der Waals surface area contributed by atoms with Crippen molar-refractivity contribution in [1.82, 2.24) is 25.1 Å². The van der Waals surface area contributed by atoms with E-state index in [1.165, 1.54) is 23.1 Å². The van der Waals surface area contributed by atoms with E-state index >= 15 is 0 Å². The van der Waals surface area contributed by atoms with Gasteiger partial charge >= 0.3 is 0 Å². The lowest BCUT2D eigenvalue weighted by Crippen LogP contribution is -2.33. The Kier molecular flexibility index (Phi) is 7.68. The normalized spacial score (nSPS) is 13.1. The summed E-state index contributed by atoms with van der Waals surface area (Å²) in [6.07, 6.45) is 0. The third-order valence-electron chi connectivity index (χ3n) is 5.05. The molecule has 3 rings (SSSR count). The number of anilines is 1. The average molecular weight is 473 g/mol. The highest BCUT2D eigenvalue weighted by Crippen LogP contribution is 2.28. The molecule has 0 saturated heterocycles. The zero-order valence-corrected chi connectivity index (χ0v) is 20.7. The molecular weight excluding hydrogens is 444 g/mol. The molecule has 0 unspecified atom stereocenters. The molecule has 3 aromatic rings. The molecule has 0 bridgehead atoms. The van der Waals surface area contributed by atoms with E-state index in [1.54, 1.807) is 12.1 Å². The Morgan fingerprint density at radius 1 is 1.09 bits per heavy atom. The van der Waals surface area contributed by atoms with Crippen molar-refractivity contribution in [3.05, 3.63) is 52.3 Å². The maximum Gasteiger partial charge on any atom is 0.251 e. The lowest BCUT2D eigenvalue weighted by atomic mass is 10.0. The van der Waals surface area contributed by atoms with Crippen LogP contribution in [0.3, 0.4) is 0 Å². The van der Waals surface area contributed by atoms with Gasteiger partial charge in [0, 0.05) is 17.5 Å². The van der Waals surface area contributed by atoms with Crippen molar-refractivity contribution in [1.29, 1.82) is 0 Å². The zero-order chi connectivity index (χ0) is 23.4. The molecule has 0 fully saturated rings. The van der Waals surface area contributed by atoms with E-state index in [1.807, 2.05) is 64.4 Å². The molecule has 0 spiro atoms. The number of nitrogens with one attached hydrogen (secondary N) is 2. The van der Waals surface area contributed by atoms with Crippen LogP contribution in [0.4, 0.5) is 5.13 Å². The summed E-state index contributed by atoms with van der Waals surface area (Å²) in [6, 6.07) is 8.76. The van der Waals surface area contributed by atoms with E-state index < -0.39 is 5.25 Å². The van der Waals surface area contributed by atoms with Crippen molar-refractivity contribution in [2.75, 3.05) is 5.32 Å². The topological polar surface area (TPSA) is 102 Å². The number of thioether (sulfide) groups is 1. The molecule has 2 amide bonds. The van der Waals surface area contributed by atoms with Crippen LogP contribution in [0.15, 0.2) is 35.5 Å². The SMILES string of the molecule is Cc1nc(NC(=O)[C@H](C)Sc2nnc([C@H](NC(=O)c3ccccc3)C(C)C)n2C)sc1C. The minimum absolute atomic E-state index is 0.0977. The fourth-order valence-corrected chi connectivity index (χ4v) is 4.63. The van der Waals surface area contributed by atoms with Gasteiger partial charge in [-0.05, 0) is 38.8 Å². The van der Waals surface area contributed by atoms with Crippen molar-refractivity contribution in [3.8, 4) is 0 Å². The van der Waals surface area contributed by atoms with E-state index in [0.29, 0.717) is 21.7 Å². The van der Waals surface area contributed by atoms with Gasteiger partial charge in [0.2, 0.25) is 5.91 Å². The number of thiazole rings is 1. The monoisotopic (exact) mass is 472 g/mol. The van der Waals surface area contributed by atoms with E-state index in [4.69, 9.17) is 0 Å². The molecule has 2 heterocycles. The number of benzene rings is 1. The standard InChI is InChI=1S/C22H28N6O2S2/c1-12(2)17(24-20(30)16-10-8-7-9-11-16)18-26-27-22(28(18)6)32-15(5)19(29)25-21-23-13(3)14(4)31-21/h7-12,15,17H,1-6H3,(H,24,30)(H,23,25,29)/t15-,17+/m0/s1. The Balaban J connectivity index is 1.70. The summed E-state index contributed by atoms with van der Waals surface area (Å²) in [5.74, 6) is 0.431. The number of aromatic nitrogens is 4. The molecule has 0 saturated carbocycles. The summed E-state index contributed by atoms with van der Waals surface area (Å²) < 4.78 is 1.84. The van der Waals surface area contributed by atoms with Crippen LogP contribution in [0.2, 0.25) is 0 Å². The second-order valence-corrected chi connectivity index (χ2v) is 10.4. The van der Waals surface area contributed by atoms with Crippen LogP contribution in [-0.2, 0) is 11.8 Å². The van der Waals surface area contributed by atoms with Gasteiger partial charge < -0.3 is 15.2 Å². The fourth-order valence-electron chi connectivity index (χ4n) is 2.99. The van der Waals surface area contributed by atoms with Crippen molar-refractivity contribution in [3.63, 3.8) is 0 Å². The minimum atomic E-state index is -0.397. The predicted octanol–water partition coefficient (Wildman–Crippen LogP) is 4.13. The number of hydrogen-bond acceptors (Lipinski definition) is 7. The van der Waals surface area contributed by atoms with Crippen molar-refractivity contribution in [2.24, 2.45) is 13.0 Å². The largest absolute Gasteiger partial charge is 0.342 e. The molecular formula is C22H28N6O2S2. The second kappa shape index (κ2) is 10.3. The van der Waals surface area contributed by atoms with Crippen molar-refractivity contribution < 1.29 is 9.59 Å². The predicted molar refractivity (Wildman–Crippen MR) is 128 cm³/mol. The molecule has 2 N–H and O–H groups in total. The van der Waals surface area contributed by atoms with Crippen LogP contribution in [0.25, 0.3) is 0 Å². The Bertz CT molecular complexity index is 1070. The van der Waals surface area contributed by atoms with Gasteiger partial charge in [0.15, 0.2) is 16.1 Å². The van der Waals surface area contributed by atoms with E-state index in [0.717, 1.165) is 10.6 Å². The quantitative estimate of drug-likeness (QED) is 0.478. The van der Waals surface area contributed by atoms with Crippen molar-refractivity contribution >= 4 is 40.0 Å². The van der Waals surface area contributed by atoms with Gasteiger partial charge in [0.05, 0.1) is 17.0 Å². The minimum Gasteiger partial charge on any atom is -0.342 e. The van der Waals surface area contributed by atoms with Crippen LogP contribution < -0.4 is 10.6 Å². The Labute approximate surface area is 196 Å². The average Bonchev–Trinajstić information content (AvgIpc) is 3.27. The Morgan fingerprint density at radius 3 is 2.38 bits per heavy atom. The smallest absolute Gasteiger partial charge is 0.251 e. The lowest BCUT2D eigenvalue weighted by molar-refractivity contribution is -0.115. The first kappa shape index (κ1) is 23.9. The molecule has 0 radical (unpaired) electrons. The van der Waals surface area contributed by atoms with Gasteiger partial charge in [0.1, 0.15) is 0 Å². The van der Waals surface area contributed by atoms with E-state index in [-0.39, 0.29) is 23.8 Å². The summed E-state index contributed by atoms with van der Waals surface area (Å²) in [7, 11) is 1.85. The number of amides is 2. The van der Waals surface area contributed by atoms with Gasteiger partial charge in [0.25, 0.3) is 5.91 Å². The molecule has 32 heavy (non-hydrogen) atoms. The van der Waals surface area contributed by atoms with Crippen LogP contribution in [0.1, 0.15) is 53.6 Å². The van der Waals surface area contributed by atoms with Crippen LogP contribution in [0.5, 0.6) is 0 Å². The number of hydrogen-bond donors (Lipinski definition) is 2. The number of carbonyl (C=O) groups is 2. The highest BCUT2D eigenvalue weighted by atomic mass is 32.2. The molecule has 10 heteroatoms. The zero-order valence-electron chi connectivity index (χ0n) is 19.0. The molecule has 8 nitrogen and oxygen atoms in total. The van der Waals surface area contributed by atoms with Crippen LogP contribution in [0, 0.1) is 19.8 Å². The highest BCUT2D eigenvalue weighted by molar-refractivity contribution is 8.00. The first-order chi connectivity index (χ1) is 15.2. The first-order valence-corrected chi connectivity index (χ1v) is 12.0. The Morgan fingerprint density at radius 2 is 1.78 bits per heavy atom. The second-order valence-electron chi connectivity index (χ2n) is 7.87. The molecule has 0 aliphatic heterocycles. The molecule has 0 aliphatic rings. The third kappa shape index (κ3) is 5.55. The first-order valence-electron chi connectivity index (χ1n) is 10.3. The molecule has 0 aliphatic carbocycles. The number of nitrogens with zero attached hydrogens (tertiary/aromatic N) is 4. The molecule has 2 aromatic heterocycles. The maximum atomic E-state index is 12.7. The maximum absolute atomic E-state index is 12.7. The van der Waals surface area contributed by atoms with Crippen LogP contribution in [-0.4, -0.2) is 36.8 Å². The van der Waals surface area contributed by atoms with Gasteiger partial charge in [-0.15, -0.1) is 21.5 Å². The number of rotatable bonds is 8. The number of aryl methyl sites for hydroxylation is 2. The summed E-state index contributed by atoms with van der Waals surface area (Å²) in [6.45, 7) is 9.75. The number of carbonyl (C=O) groups excluding carboxylic acids is 2. The van der Waals surface area contributed by atoms with Gasteiger partial charge in [-0.1, -0.05) is 43.8 Å². The highest BCUT2D eigenvalue weighted by Gasteiger charge is 2.27. The van der Waals surface area contributed by atoms with Gasteiger partial charge in [-0.3, -0.25) is 9.59 Å².